The molecule has 0 spiro atoms. The molecule has 0 aromatic carbocycles. The number of hydrogen-bond acceptors (Lipinski definition) is 3. The third-order valence-corrected chi connectivity index (χ3v) is 0.733. The fraction of sp³-hybridized carbons (Fsp3) is 0.500. The van der Waals surface area contributed by atoms with Gasteiger partial charge in [0.25, 0.3) is 0 Å². The van der Waals surface area contributed by atoms with Crippen molar-refractivity contribution in [3.05, 3.63) is 0 Å². The summed E-state index contributed by atoms with van der Waals surface area (Å²) in [5, 5.41) is 0. The molecular formula is C6H10N2O2. The zero-order valence-corrected chi connectivity index (χ0v) is 5.59. The van der Waals surface area contributed by atoms with Crippen molar-refractivity contribution in [3.63, 3.8) is 0 Å². The zero-order valence-electron chi connectivity index (χ0n) is 5.59. The third-order valence-electron chi connectivity index (χ3n) is 0.733. The number of hydrogen-bond donors (Lipinski definition) is 2. The highest BCUT2D eigenvalue weighted by Gasteiger charge is 1.84. The van der Waals surface area contributed by atoms with Crippen molar-refractivity contribution in [1.82, 2.24) is 0 Å². The Morgan fingerprint density at radius 1 is 1.50 bits per heavy atom. The van der Waals surface area contributed by atoms with E-state index in [1.807, 2.05) is 0 Å². The summed E-state index contributed by atoms with van der Waals surface area (Å²) < 4.78 is 0. The molecule has 0 aromatic rings. The fourth-order valence-corrected chi connectivity index (χ4v) is 0.348. The Morgan fingerprint density at radius 3 is 2.70 bits per heavy atom. The number of carbonyl (C=O) groups is 1. The fourth-order valence-electron chi connectivity index (χ4n) is 0.348. The van der Waals surface area contributed by atoms with Gasteiger partial charge in [0.05, 0.1) is 13.0 Å². The smallest absolute Gasteiger partial charge is 0.229 e. The summed E-state index contributed by atoms with van der Waals surface area (Å²) in [7, 11) is 0. The summed E-state index contributed by atoms with van der Waals surface area (Å²) in [6.07, 6.45) is 0.633. The van der Waals surface area contributed by atoms with Gasteiger partial charge in [-0.25, -0.2) is 5.90 Å². The van der Waals surface area contributed by atoms with Crippen LogP contribution in [0.2, 0.25) is 0 Å². The highest BCUT2D eigenvalue weighted by molar-refractivity contribution is 5.76. The van der Waals surface area contributed by atoms with Crippen LogP contribution >= 0.6 is 0 Å². The average Bonchev–Trinajstić information content (AvgIpc) is 1.87. The molecule has 0 aliphatic heterocycles. The standard InChI is InChI=1S/C6H10N2O2/c7-6(9)4-2-1-3-5-10-8/h3-5,8H2,(H2,7,9). The van der Waals surface area contributed by atoms with Crippen LogP contribution in [0.1, 0.15) is 12.8 Å². The Hall–Kier alpha value is -1.05. The van der Waals surface area contributed by atoms with Gasteiger partial charge in [0, 0.05) is 6.42 Å². The van der Waals surface area contributed by atoms with E-state index in [0.717, 1.165) is 0 Å². The Morgan fingerprint density at radius 2 is 2.20 bits per heavy atom. The van der Waals surface area contributed by atoms with Gasteiger partial charge in [-0.1, -0.05) is 5.92 Å². The summed E-state index contributed by atoms with van der Waals surface area (Å²) >= 11 is 0. The molecule has 0 aliphatic carbocycles. The Kier molecular flexibility index (Phi) is 5.44. The minimum atomic E-state index is -0.416. The van der Waals surface area contributed by atoms with E-state index in [4.69, 9.17) is 11.6 Å². The molecule has 0 saturated carbocycles. The van der Waals surface area contributed by atoms with Gasteiger partial charge in [0.15, 0.2) is 0 Å². The van der Waals surface area contributed by atoms with E-state index in [2.05, 4.69) is 16.7 Å². The highest BCUT2D eigenvalue weighted by Crippen LogP contribution is 1.76. The molecular weight excluding hydrogens is 132 g/mol. The van der Waals surface area contributed by atoms with Crippen LogP contribution < -0.4 is 11.6 Å². The van der Waals surface area contributed by atoms with Crippen molar-refractivity contribution in [2.24, 2.45) is 11.6 Å². The topological polar surface area (TPSA) is 78.3 Å². The number of primary amides is 1. The molecule has 0 saturated heterocycles. The summed E-state index contributed by atoms with van der Waals surface area (Å²) in [4.78, 5) is 14.3. The van der Waals surface area contributed by atoms with Gasteiger partial charge in [-0.3, -0.25) is 4.79 Å². The second-order valence-electron chi connectivity index (χ2n) is 1.62. The van der Waals surface area contributed by atoms with E-state index >= 15 is 0 Å². The maximum atomic E-state index is 10.1. The molecule has 0 aliphatic rings. The molecule has 4 nitrogen and oxygen atoms in total. The van der Waals surface area contributed by atoms with Gasteiger partial charge in [-0.2, -0.15) is 0 Å². The first-order valence-corrected chi connectivity index (χ1v) is 2.83. The first-order chi connectivity index (χ1) is 4.77. The Balaban J connectivity index is 3.23. The average molecular weight is 142 g/mol. The van der Waals surface area contributed by atoms with Crippen molar-refractivity contribution in [1.29, 1.82) is 0 Å². The van der Waals surface area contributed by atoms with Crippen LogP contribution in [0.25, 0.3) is 0 Å². The van der Waals surface area contributed by atoms with Crippen LogP contribution in [-0.2, 0) is 9.63 Å². The molecule has 4 heteroatoms. The van der Waals surface area contributed by atoms with Crippen LogP contribution in [0.4, 0.5) is 0 Å². The molecule has 0 rings (SSSR count). The van der Waals surface area contributed by atoms with Crippen molar-refractivity contribution < 1.29 is 9.63 Å². The first kappa shape index (κ1) is 8.95. The van der Waals surface area contributed by atoms with Crippen LogP contribution in [0.3, 0.4) is 0 Å². The lowest BCUT2D eigenvalue weighted by Crippen LogP contribution is -2.08. The normalized spacial score (nSPS) is 8.10. The van der Waals surface area contributed by atoms with Crippen molar-refractivity contribution in [2.75, 3.05) is 6.61 Å². The maximum Gasteiger partial charge on any atom is 0.229 e. The minimum absolute atomic E-state index is 0.102. The van der Waals surface area contributed by atoms with Crippen LogP contribution in [0.5, 0.6) is 0 Å². The largest absolute Gasteiger partial charge is 0.369 e. The molecule has 1 amide bonds. The van der Waals surface area contributed by atoms with Gasteiger partial charge in [-0.05, 0) is 0 Å². The molecule has 0 atom stereocenters. The zero-order chi connectivity index (χ0) is 7.82. The lowest BCUT2D eigenvalue weighted by molar-refractivity contribution is -0.117. The second kappa shape index (κ2) is 6.08. The molecule has 0 heterocycles. The summed E-state index contributed by atoms with van der Waals surface area (Å²) in [5.74, 6) is 9.52. The van der Waals surface area contributed by atoms with Crippen molar-refractivity contribution in [2.45, 2.75) is 12.8 Å². The van der Waals surface area contributed by atoms with Gasteiger partial charge in [-0.15, -0.1) is 5.92 Å². The predicted octanol–water partition coefficient (Wildman–Crippen LogP) is -0.854. The van der Waals surface area contributed by atoms with E-state index in [9.17, 15) is 4.79 Å². The number of carbonyl (C=O) groups excluding carboxylic acids is 1. The second-order valence-corrected chi connectivity index (χ2v) is 1.62. The van der Waals surface area contributed by atoms with E-state index in [0.29, 0.717) is 13.0 Å². The van der Waals surface area contributed by atoms with Gasteiger partial charge >= 0.3 is 0 Å². The molecule has 0 unspecified atom stereocenters. The van der Waals surface area contributed by atoms with Crippen LogP contribution in [0, 0.1) is 11.8 Å². The van der Waals surface area contributed by atoms with E-state index in [-0.39, 0.29) is 6.42 Å². The van der Waals surface area contributed by atoms with E-state index in [1.54, 1.807) is 0 Å². The molecule has 0 radical (unpaired) electrons. The highest BCUT2D eigenvalue weighted by atomic mass is 16.6. The molecule has 0 fully saturated rings. The molecule has 4 N–H and O–H groups in total. The van der Waals surface area contributed by atoms with Gasteiger partial charge in [0.2, 0.25) is 5.91 Å². The number of rotatable bonds is 3. The third kappa shape index (κ3) is 6.95. The number of nitrogens with two attached hydrogens (primary N) is 2. The Bertz CT molecular complexity index is 157. The van der Waals surface area contributed by atoms with E-state index < -0.39 is 5.91 Å². The van der Waals surface area contributed by atoms with Crippen molar-refractivity contribution in [3.8, 4) is 11.8 Å². The molecule has 56 valence electrons. The van der Waals surface area contributed by atoms with Crippen LogP contribution in [0.15, 0.2) is 0 Å². The number of amides is 1. The predicted molar refractivity (Wildman–Crippen MR) is 36.3 cm³/mol. The van der Waals surface area contributed by atoms with Gasteiger partial charge < -0.3 is 10.6 Å². The van der Waals surface area contributed by atoms with E-state index in [1.165, 1.54) is 0 Å². The SMILES string of the molecule is NOCCC#CCC(N)=O. The minimum Gasteiger partial charge on any atom is -0.369 e. The van der Waals surface area contributed by atoms with Crippen LogP contribution in [-0.4, -0.2) is 12.5 Å². The van der Waals surface area contributed by atoms with Crippen molar-refractivity contribution >= 4 is 5.91 Å². The maximum absolute atomic E-state index is 10.1. The summed E-state index contributed by atoms with van der Waals surface area (Å²) in [5.41, 5.74) is 4.81. The lowest BCUT2D eigenvalue weighted by Gasteiger charge is -1.86. The lowest BCUT2D eigenvalue weighted by atomic mass is 10.4. The quantitative estimate of drug-likeness (QED) is 0.306. The monoisotopic (exact) mass is 142 g/mol. The molecule has 0 bridgehead atoms. The Labute approximate surface area is 59.5 Å². The van der Waals surface area contributed by atoms with Gasteiger partial charge in [0.1, 0.15) is 0 Å². The molecule has 0 aromatic heterocycles. The summed E-state index contributed by atoms with van der Waals surface area (Å²) in [6.45, 7) is 0.381. The summed E-state index contributed by atoms with van der Waals surface area (Å²) in [6, 6.07) is 0. The first-order valence-electron chi connectivity index (χ1n) is 2.83. The molecule has 10 heavy (non-hydrogen) atoms.